The monoisotopic (exact) mass is 311 g/mol. The summed E-state index contributed by atoms with van der Waals surface area (Å²) in [6, 6.07) is -0.0832. The van der Waals surface area contributed by atoms with E-state index in [0.717, 1.165) is 22.1 Å². The summed E-state index contributed by atoms with van der Waals surface area (Å²) in [6.45, 7) is 8.59. The average molecular weight is 311 g/mol. The zero-order valence-corrected chi connectivity index (χ0v) is 13.5. The van der Waals surface area contributed by atoms with E-state index in [9.17, 15) is 4.79 Å². The molecule has 2 heterocycles. The second kappa shape index (κ2) is 6.27. The smallest absolute Gasteiger partial charge is 0.282 e. The zero-order valence-electron chi connectivity index (χ0n) is 11.9. The van der Waals surface area contributed by atoms with Crippen molar-refractivity contribution in [2.75, 3.05) is 11.9 Å². The molecule has 1 unspecified atom stereocenters. The van der Waals surface area contributed by atoms with Crippen molar-refractivity contribution in [1.29, 1.82) is 0 Å². The maximum Gasteiger partial charge on any atom is 0.282 e. The Balaban J connectivity index is 2.05. The minimum Gasteiger partial charge on any atom is -0.360 e. The fraction of sp³-hybridized carbons (Fsp3) is 0.500. The lowest BCUT2D eigenvalue weighted by Gasteiger charge is -2.11. The van der Waals surface area contributed by atoms with Gasteiger partial charge in [0.2, 0.25) is 10.1 Å². The van der Waals surface area contributed by atoms with Crippen molar-refractivity contribution in [3.05, 3.63) is 20.6 Å². The molecule has 0 aliphatic carbocycles. The van der Waals surface area contributed by atoms with Crippen molar-refractivity contribution < 1.29 is 4.79 Å². The molecular formula is C12H17N5OS2. The highest BCUT2D eigenvalue weighted by Gasteiger charge is 2.19. The zero-order chi connectivity index (χ0) is 14.7. The molecule has 0 aliphatic rings. The molecule has 0 aliphatic heterocycles. The molecule has 108 valence electrons. The summed E-state index contributed by atoms with van der Waals surface area (Å²) in [5.41, 5.74) is 0.964. The summed E-state index contributed by atoms with van der Waals surface area (Å²) in [6.07, 6.45) is 0. The van der Waals surface area contributed by atoms with E-state index in [0.29, 0.717) is 10.1 Å². The van der Waals surface area contributed by atoms with Gasteiger partial charge in [0, 0.05) is 11.4 Å². The molecule has 0 saturated heterocycles. The number of thiazole rings is 1. The maximum absolute atomic E-state index is 12.1. The first kappa shape index (κ1) is 14.9. The van der Waals surface area contributed by atoms with Gasteiger partial charge in [-0.3, -0.25) is 4.79 Å². The van der Waals surface area contributed by atoms with Gasteiger partial charge in [0.1, 0.15) is 0 Å². The average Bonchev–Trinajstić information content (AvgIpc) is 2.96. The highest BCUT2D eigenvalue weighted by atomic mass is 32.1. The van der Waals surface area contributed by atoms with Gasteiger partial charge in [0.15, 0.2) is 0 Å². The van der Waals surface area contributed by atoms with Crippen LogP contribution in [0.15, 0.2) is 0 Å². The van der Waals surface area contributed by atoms with Crippen LogP contribution in [0.5, 0.6) is 0 Å². The number of rotatable bonds is 5. The Morgan fingerprint density at radius 3 is 2.65 bits per heavy atom. The van der Waals surface area contributed by atoms with Gasteiger partial charge < -0.3 is 10.6 Å². The summed E-state index contributed by atoms with van der Waals surface area (Å²) < 4.78 is 0. The van der Waals surface area contributed by atoms with Crippen LogP contribution in [-0.4, -0.2) is 27.6 Å². The maximum atomic E-state index is 12.1. The Labute approximate surface area is 125 Å². The molecule has 0 bridgehead atoms. The summed E-state index contributed by atoms with van der Waals surface area (Å²) in [4.78, 5) is 17.6. The lowest BCUT2D eigenvalue weighted by Crippen LogP contribution is -2.26. The number of hydrogen-bond acceptors (Lipinski definition) is 7. The van der Waals surface area contributed by atoms with Gasteiger partial charge in [-0.15, -0.1) is 21.5 Å². The largest absolute Gasteiger partial charge is 0.360 e. The molecule has 0 radical (unpaired) electrons. The van der Waals surface area contributed by atoms with Crippen LogP contribution in [0.3, 0.4) is 0 Å². The molecule has 6 nitrogen and oxygen atoms in total. The molecule has 0 spiro atoms. The van der Waals surface area contributed by atoms with Crippen molar-refractivity contribution in [2.24, 2.45) is 0 Å². The van der Waals surface area contributed by atoms with Crippen LogP contribution in [0.4, 0.5) is 5.13 Å². The van der Waals surface area contributed by atoms with Crippen LogP contribution < -0.4 is 10.6 Å². The molecule has 2 aromatic rings. The second-order valence-electron chi connectivity index (χ2n) is 4.32. The normalized spacial score (nSPS) is 12.2. The van der Waals surface area contributed by atoms with Crippen LogP contribution >= 0.6 is 22.7 Å². The van der Waals surface area contributed by atoms with Crippen molar-refractivity contribution >= 4 is 33.7 Å². The third-order valence-electron chi connectivity index (χ3n) is 2.63. The third-order valence-corrected chi connectivity index (χ3v) is 4.76. The van der Waals surface area contributed by atoms with Gasteiger partial charge in [-0.25, -0.2) is 4.98 Å². The van der Waals surface area contributed by atoms with E-state index in [4.69, 9.17) is 0 Å². The fourth-order valence-electron chi connectivity index (χ4n) is 1.81. The molecule has 0 fully saturated rings. The molecule has 2 rings (SSSR count). The number of hydrogen-bond donors (Lipinski definition) is 2. The summed E-state index contributed by atoms with van der Waals surface area (Å²) in [5.74, 6) is -0.204. The van der Waals surface area contributed by atoms with Crippen molar-refractivity contribution in [3.8, 4) is 0 Å². The molecule has 0 saturated carbocycles. The number of aryl methyl sites for hydroxylation is 2. The van der Waals surface area contributed by atoms with E-state index in [1.807, 2.05) is 27.7 Å². The molecule has 1 atom stereocenters. The third kappa shape index (κ3) is 3.31. The first-order valence-corrected chi connectivity index (χ1v) is 7.96. The minimum atomic E-state index is -0.204. The number of nitrogens with zero attached hydrogens (tertiary/aromatic N) is 3. The molecule has 0 aromatic carbocycles. The van der Waals surface area contributed by atoms with E-state index in [-0.39, 0.29) is 11.9 Å². The number of carbonyl (C=O) groups is 1. The Kier molecular flexibility index (Phi) is 4.66. The SMILES string of the molecule is CCNc1nnc(C(=O)NC(C)c2sc(C)nc2C)s1. The van der Waals surface area contributed by atoms with E-state index in [2.05, 4.69) is 25.8 Å². The predicted molar refractivity (Wildman–Crippen MR) is 81.5 cm³/mol. The van der Waals surface area contributed by atoms with Crippen molar-refractivity contribution in [3.63, 3.8) is 0 Å². The second-order valence-corrected chi connectivity index (χ2v) is 6.53. The molecule has 20 heavy (non-hydrogen) atoms. The van der Waals surface area contributed by atoms with Crippen LogP contribution in [0.25, 0.3) is 0 Å². The molecule has 2 aromatic heterocycles. The van der Waals surface area contributed by atoms with E-state index in [1.165, 1.54) is 11.3 Å². The summed E-state index contributed by atoms with van der Waals surface area (Å²) >= 11 is 2.86. The molecular weight excluding hydrogens is 294 g/mol. The van der Waals surface area contributed by atoms with Crippen molar-refractivity contribution in [1.82, 2.24) is 20.5 Å². The van der Waals surface area contributed by atoms with Gasteiger partial charge in [0.25, 0.3) is 5.91 Å². The Morgan fingerprint density at radius 1 is 1.30 bits per heavy atom. The quantitative estimate of drug-likeness (QED) is 0.887. The number of amides is 1. The lowest BCUT2D eigenvalue weighted by molar-refractivity contribution is 0.0939. The number of aromatic nitrogens is 3. The van der Waals surface area contributed by atoms with Crippen LogP contribution in [0.2, 0.25) is 0 Å². The highest BCUT2D eigenvalue weighted by Crippen LogP contribution is 2.25. The lowest BCUT2D eigenvalue weighted by atomic mass is 10.2. The van der Waals surface area contributed by atoms with Crippen LogP contribution in [0, 0.1) is 13.8 Å². The minimum absolute atomic E-state index is 0.0832. The summed E-state index contributed by atoms with van der Waals surface area (Å²) in [7, 11) is 0. The number of anilines is 1. The first-order chi connectivity index (χ1) is 9.51. The van der Waals surface area contributed by atoms with E-state index >= 15 is 0 Å². The van der Waals surface area contributed by atoms with Crippen LogP contribution in [0.1, 0.15) is 45.3 Å². The Hall–Kier alpha value is -1.54. The highest BCUT2D eigenvalue weighted by molar-refractivity contribution is 7.17. The van der Waals surface area contributed by atoms with E-state index in [1.54, 1.807) is 11.3 Å². The van der Waals surface area contributed by atoms with Gasteiger partial charge in [-0.2, -0.15) is 0 Å². The van der Waals surface area contributed by atoms with Gasteiger partial charge >= 0.3 is 0 Å². The number of carbonyl (C=O) groups excluding carboxylic acids is 1. The Morgan fingerprint density at radius 2 is 2.05 bits per heavy atom. The molecule has 1 amide bonds. The predicted octanol–water partition coefficient (Wildman–Crippen LogP) is 2.53. The standard InChI is InChI=1S/C12H17N5OS2/c1-5-13-12-17-16-11(20-12)10(18)15-7(3)9-6(2)14-8(4)19-9/h7H,5H2,1-4H3,(H,13,17)(H,15,18). The molecule has 8 heteroatoms. The first-order valence-electron chi connectivity index (χ1n) is 6.33. The fourth-order valence-corrected chi connectivity index (χ4v) is 3.45. The van der Waals surface area contributed by atoms with Crippen molar-refractivity contribution in [2.45, 2.75) is 33.7 Å². The topological polar surface area (TPSA) is 79.8 Å². The summed E-state index contributed by atoms with van der Waals surface area (Å²) in [5, 5.41) is 15.8. The van der Waals surface area contributed by atoms with E-state index < -0.39 is 0 Å². The molecule has 2 N–H and O–H groups in total. The van der Waals surface area contributed by atoms with Crippen LogP contribution in [-0.2, 0) is 0 Å². The van der Waals surface area contributed by atoms with Gasteiger partial charge in [-0.05, 0) is 27.7 Å². The number of nitrogens with one attached hydrogen (secondary N) is 2. The Bertz CT molecular complexity index is 607. The van der Waals surface area contributed by atoms with Gasteiger partial charge in [0.05, 0.1) is 16.7 Å². The van der Waals surface area contributed by atoms with Gasteiger partial charge in [-0.1, -0.05) is 11.3 Å².